The molecule has 0 bridgehead atoms. The fourth-order valence-electron chi connectivity index (χ4n) is 1.32. The molecule has 0 radical (unpaired) electrons. The normalized spacial score (nSPS) is 10.4. The predicted molar refractivity (Wildman–Crippen MR) is 207 cm³/mol. The molecular formula is C17H26ClI6N4O6S4-. The molecule has 0 spiro atoms. The van der Waals surface area contributed by atoms with Gasteiger partial charge in [0.15, 0.2) is 10.1 Å². The van der Waals surface area contributed by atoms with Gasteiger partial charge in [0.25, 0.3) is 0 Å². The molecule has 2 heterocycles. The van der Waals surface area contributed by atoms with E-state index in [0.717, 1.165) is 11.0 Å². The zero-order valence-corrected chi connectivity index (χ0v) is 35.9. The number of aliphatic hydroxyl groups excluding tert-OH is 2. The monoisotopic (exact) mass is 1310 g/mol. The molecule has 0 saturated heterocycles. The number of aliphatic hydroxyl groups is 2. The first kappa shape index (κ1) is 50.7. The van der Waals surface area contributed by atoms with Crippen molar-refractivity contribution in [2.45, 2.75) is 41.8 Å². The van der Waals surface area contributed by atoms with Crippen molar-refractivity contribution in [2.24, 2.45) is 0 Å². The third kappa shape index (κ3) is 29.2. The van der Waals surface area contributed by atoms with Crippen LogP contribution >= 0.6 is 154 Å². The van der Waals surface area contributed by atoms with Crippen molar-refractivity contribution in [3.63, 3.8) is 0 Å². The van der Waals surface area contributed by atoms with Gasteiger partial charge in [0, 0.05) is 83.2 Å². The standard InChI is InChI=1S/C8H10N2O3S2.C5H3ClN2O2S.C3H8OS.CH4.I3.I2.HI/c1-6(5-11)14-15-8-7(10(12)13)3-2-4-9-8;6-11-5-4(8(9)10)2-1-3-7-5;1-3(5)2-4;;1-3-2;1-2;/h2-4,6,11H,5H2,1H3;1-3H;3-5H,2H2,1H3;1H4;;;1H/q;;;;-1;;/t6-;;3-;;;;/m1.1..../s1. The van der Waals surface area contributed by atoms with Crippen LogP contribution in [0.25, 0.3) is 0 Å². The van der Waals surface area contributed by atoms with Gasteiger partial charge in [-0.25, -0.2) is 9.97 Å². The molecule has 0 amide bonds. The molecule has 0 saturated carbocycles. The van der Waals surface area contributed by atoms with Gasteiger partial charge in [0.05, 0.1) is 23.1 Å². The van der Waals surface area contributed by atoms with Crippen LogP contribution in [0.2, 0.25) is 0 Å². The van der Waals surface area contributed by atoms with E-state index in [9.17, 15) is 20.2 Å². The Kier molecular flexibility index (Phi) is 48.4. The second kappa shape index (κ2) is 36.3. The largest absolute Gasteiger partial charge is 0.302 e. The van der Waals surface area contributed by atoms with E-state index in [2.05, 4.69) is 97.1 Å². The molecular weight excluding hydrogens is 1280 g/mol. The zero-order valence-electron chi connectivity index (χ0n) is 18.7. The topological polar surface area (TPSA) is 153 Å². The number of hydrogen-bond acceptors (Lipinski definition) is 12. The summed E-state index contributed by atoms with van der Waals surface area (Å²) in [5, 5.41) is 38.5. The molecule has 2 aromatic rings. The summed E-state index contributed by atoms with van der Waals surface area (Å²) < 4.78 is 0. The summed E-state index contributed by atoms with van der Waals surface area (Å²) in [6, 6.07) is 5.80. The van der Waals surface area contributed by atoms with Gasteiger partial charge in [0.2, 0.25) is 0 Å². The van der Waals surface area contributed by atoms with Crippen molar-refractivity contribution in [3.05, 3.63) is 56.9 Å². The van der Waals surface area contributed by atoms with Crippen LogP contribution in [0, 0.1) is 20.2 Å². The summed E-state index contributed by atoms with van der Waals surface area (Å²) in [5.41, 5.74) is -0.0624. The van der Waals surface area contributed by atoms with Crippen LogP contribution in [0.1, 0.15) is 21.3 Å². The van der Waals surface area contributed by atoms with Crippen molar-refractivity contribution in [3.8, 4) is 0 Å². The van der Waals surface area contributed by atoms with Gasteiger partial charge in [-0.05, 0) is 33.6 Å². The summed E-state index contributed by atoms with van der Waals surface area (Å²) in [6.07, 6.45) is 2.97. The maximum Gasteiger partial charge on any atom is 0.302 e. The van der Waals surface area contributed by atoms with Crippen molar-refractivity contribution < 1.29 is 33.3 Å². The van der Waals surface area contributed by atoms with E-state index < -0.39 is 9.85 Å². The van der Waals surface area contributed by atoms with Gasteiger partial charge in [-0.1, -0.05) is 32.1 Å². The molecule has 0 unspecified atom stereocenters. The molecule has 2 aromatic heterocycles. The first-order valence-electron chi connectivity index (χ1n) is 8.81. The molecule has 10 nitrogen and oxygen atoms in total. The van der Waals surface area contributed by atoms with Gasteiger partial charge >= 0.3 is 61.9 Å². The van der Waals surface area contributed by atoms with Gasteiger partial charge in [-0.2, -0.15) is 12.6 Å². The SMILES string of the molecule is C.C[C@@H](S)CO.C[C@H](CO)SSc1ncccc1[N+](=O)[O-].I.II.I[I-]I.O=[N+]([O-])c1cccnc1SCl. The number of hydrogen-bond donors (Lipinski definition) is 3. The second-order valence-electron chi connectivity index (χ2n) is 5.51. The molecule has 0 fully saturated rings. The molecule has 0 aliphatic carbocycles. The molecule has 2 rings (SSSR count). The minimum atomic E-state index is -0.516. The Hall–Kier alpha value is 3.09. The molecule has 224 valence electrons. The first-order valence-corrected chi connectivity index (χ1v) is 32.0. The number of thiol groups is 1. The van der Waals surface area contributed by atoms with Gasteiger partial charge < -0.3 is 10.2 Å². The van der Waals surface area contributed by atoms with Crippen LogP contribution in [0.5, 0.6) is 0 Å². The second-order valence-corrected chi connectivity index (χ2v) is 26.3. The van der Waals surface area contributed by atoms with E-state index in [1.54, 1.807) is 0 Å². The van der Waals surface area contributed by atoms with Gasteiger partial charge in [0.1, 0.15) is 0 Å². The molecule has 0 aliphatic heterocycles. The fourth-order valence-corrected chi connectivity index (χ4v) is 3.99. The number of halogens is 7. The number of rotatable bonds is 8. The summed E-state index contributed by atoms with van der Waals surface area (Å²) in [6.45, 7) is 3.89. The Labute approximate surface area is 315 Å². The third-order valence-corrected chi connectivity index (χ3v) is 6.64. The van der Waals surface area contributed by atoms with Crippen molar-refractivity contribution in [1.29, 1.82) is 0 Å². The Morgan fingerprint density at radius 1 is 1.03 bits per heavy atom. The van der Waals surface area contributed by atoms with E-state index in [1.807, 2.05) is 13.8 Å². The van der Waals surface area contributed by atoms with Crippen LogP contribution in [-0.2, 0) is 0 Å². The number of nitrogens with zero attached hydrogens (tertiary/aromatic N) is 4. The van der Waals surface area contributed by atoms with E-state index in [4.69, 9.17) is 20.9 Å². The maximum atomic E-state index is 10.6. The molecule has 2 atom stereocenters. The minimum Gasteiger partial charge on any atom is -0.258 e. The van der Waals surface area contributed by atoms with Crippen LogP contribution in [-0.4, -0.2) is 53.7 Å². The quantitative estimate of drug-likeness (QED) is 0.0881. The van der Waals surface area contributed by atoms with Crippen LogP contribution in [0.4, 0.5) is 11.4 Å². The predicted octanol–water partition coefficient (Wildman–Crippen LogP) is 6.44. The van der Waals surface area contributed by atoms with E-state index in [1.165, 1.54) is 58.2 Å². The van der Waals surface area contributed by atoms with Crippen molar-refractivity contribution in [2.75, 3.05) is 13.2 Å². The van der Waals surface area contributed by atoms with E-state index in [-0.39, 0.29) is 71.5 Å². The average Bonchev–Trinajstić information content (AvgIpc) is 2.89. The average molecular weight is 1310 g/mol. The summed E-state index contributed by atoms with van der Waals surface area (Å²) in [7, 11) is 8.64. The number of aromatic nitrogens is 2. The van der Waals surface area contributed by atoms with E-state index >= 15 is 0 Å². The van der Waals surface area contributed by atoms with Crippen LogP contribution in [0.3, 0.4) is 0 Å². The van der Waals surface area contributed by atoms with Crippen molar-refractivity contribution in [1.82, 2.24) is 9.97 Å². The van der Waals surface area contributed by atoms with Crippen LogP contribution < -0.4 is 13.3 Å². The molecule has 38 heavy (non-hydrogen) atoms. The molecule has 21 heteroatoms. The smallest absolute Gasteiger partial charge is 0.258 e. The Bertz CT molecular complexity index is 861. The molecule has 0 aromatic carbocycles. The third-order valence-electron chi connectivity index (χ3n) is 2.78. The zero-order chi connectivity index (χ0) is 28.5. The molecule has 2 N–H and O–H groups in total. The van der Waals surface area contributed by atoms with Gasteiger partial charge in [-0.3, -0.25) is 20.2 Å². The minimum absolute atomic E-state index is 0. The summed E-state index contributed by atoms with van der Waals surface area (Å²) in [4.78, 5) is 27.6. The number of nitro groups is 2. The first-order chi connectivity index (χ1) is 17.1. The summed E-state index contributed by atoms with van der Waals surface area (Å²) >= 11 is 13.4. The van der Waals surface area contributed by atoms with E-state index in [0.29, 0.717) is 18.3 Å². The van der Waals surface area contributed by atoms with Crippen molar-refractivity contribution >= 4 is 166 Å². The maximum absolute atomic E-state index is 10.6. The Balaban J connectivity index is -0.000000139. The Morgan fingerprint density at radius 2 is 1.39 bits per heavy atom. The number of pyridine rings is 2. The Morgan fingerprint density at radius 3 is 1.68 bits per heavy atom. The van der Waals surface area contributed by atoms with Gasteiger partial charge in [-0.15, -0.1) is 24.0 Å². The van der Waals surface area contributed by atoms with Crippen LogP contribution in [0.15, 0.2) is 46.7 Å². The fraction of sp³-hybridized carbons (Fsp3) is 0.412. The molecule has 0 aliphatic rings. The summed E-state index contributed by atoms with van der Waals surface area (Å²) in [5.74, 6) is 0.